The molecular formula is C23H28ClF3N4O2. The zero-order valence-corrected chi connectivity index (χ0v) is 19.7. The first kappa shape index (κ1) is 23.7. The Labute approximate surface area is 196 Å². The Kier molecular flexibility index (Phi) is 6.79. The van der Waals surface area contributed by atoms with E-state index in [9.17, 15) is 13.2 Å². The van der Waals surface area contributed by atoms with Crippen LogP contribution in [0.15, 0.2) is 24.5 Å². The molecule has 0 spiro atoms. The molecule has 0 aromatic carbocycles. The van der Waals surface area contributed by atoms with E-state index < -0.39 is 17.8 Å². The van der Waals surface area contributed by atoms with Crippen LogP contribution in [0.4, 0.5) is 24.5 Å². The van der Waals surface area contributed by atoms with E-state index in [0.29, 0.717) is 42.0 Å². The van der Waals surface area contributed by atoms with E-state index in [1.807, 2.05) is 11.8 Å². The number of aromatic nitrogens is 2. The number of nitrogens with zero attached hydrogens (tertiary/aromatic N) is 4. The molecule has 180 valence electrons. The molecule has 3 atom stereocenters. The molecule has 4 heterocycles. The van der Waals surface area contributed by atoms with E-state index in [2.05, 4.69) is 21.8 Å². The van der Waals surface area contributed by atoms with Crippen LogP contribution in [0.5, 0.6) is 11.8 Å². The van der Waals surface area contributed by atoms with Crippen LogP contribution < -0.4 is 19.3 Å². The van der Waals surface area contributed by atoms with Crippen LogP contribution >= 0.6 is 11.6 Å². The highest BCUT2D eigenvalue weighted by Crippen LogP contribution is 2.40. The number of hydrogen-bond donors (Lipinski definition) is 0. The Bertz CT molecular complexity index is 991. The topological polar surface area (TPSA) is 50.7 Å². The van der Waals surface area contributed by atoms with Crippen molar-refractivity contribution in [3.8, 4) is 11.8 Å². The van der Waals surface area contributed by atoms with Crippen molar-refractivity contribution in [1.82, 2.24) is 9.97 Å². The van der Waals surface area contributed by atoms with E-state index in [1.54, 1.807) is 6.07 Å². The summed E-state index contributed by atoms with van der Waals surface area (Å²) in [6.07, 6.45) is -0.420. The van der Waals surface area contributed by atoms with E-state index >= 15 is 0 Å². The lowest BCUT2D eigenvalue weighted by Gasteiger charge is -2.38. The van der Waals surface area contributed by atoms with Gasteiger partial charge in [0.15, 0.2) is 0 Å². The van der Waals surface area contributed by atoms with Gasteiger partial charge in [-0.05, 0) is 18.4 Å². The second-order valence-corrected chi connectivity index (χ2v) is 9.34. The van der Waals surface area contributed by atoms with Crippen molar-refractivity contribution in [2.75, 3.05) is 43.1 Å². The van der Waals surface area contributed by atoms with Crippen molar-refractivity contribution < 1.29 is 22.6 Å². The molecule has 2 aromatic rings. The van der Waals surface area contributed by atoms with E-state index in [4.69, 9.17) is 21.1 Å². The van der Waals surface area contributed by atoms with Crippen LogP contribution in [0.1, 0.15) is 32.3 Å². The van der Waals surface area contributed by atoms with Crippen molar-refractivity contribution in [3.63, 3.8) is 0 Å². The molecule has 2 saturated heterocycles. The zero-order valence-electron chi connectivity index (χ0n) is 18.9. The van der Waals surface area contributed by atoms with Crippen molar-refractivity contribution in [2.24, 2.45) is 11.8 Å². The number of piperidine rings is 1. The van der Waals surface area contributed by atoms with Gasteiger partial charge in [-0.15, -0.1) is 0 Å². The first-order chi connectivity index (χ1) is 15.7. The second kappa shape index (κ2) is 9.44. The largest absolute Gasteiger partial charge is 0.481 e. The molecule has 3 unspecified atom stereocenters. The molecular weight excluding hydrogens is 457 g/mol. The minimum Gasteiger partial charge on any atom is -0.481 e. The van der Waals surface area contributed by atoms with Crippen molar-refractivity contribution in [3.05, 3.63) is 35.1 Å². The number of anilines is 2. The summed E-state index contributed by atoms with van der Waals surface area (Å²) in [5, 5.41) is 0.496. The molecule has 0 amide bonds. The lowest BCUT2D eigenvalue weighted by atomic mass is 9.96. The Morgan fingerprint density at radius 2 is 1.79 bits per heavy atom. The molecule has 2 fully saturated rings. The van der Waals surface area contributed by atoms with E-state index in [0.717, 1.165) is 25.2 Å². The summed E-state index contributed by atoms with van der Waals surface area (Å²) < 4.78 is 52.7. The SMILES string of the molecule is COc1cc(N2CCC(Oc3ncc(N4CCC(C)C4)cc3C(F)(F)F)C(C)C2)c(Cl)cn1. The van der Waals surface area contributed by atoms with Crippen molar-refractivity contribution in [1.29, 1.82) is 0 Å². The number of alkyl halides is 3. The summed E-state index contributed by atoms with van der Waals surface area (Å²) in [6, 6.07) is 2.93. The predicted molar refractivity (Wildman–Crippen MR) is 121 cm³/mol. The molecule has 0 saturated carbocycles. The third kappa shape index (κ3) is 5.23. The Morgan fingerprint density at radius 3 is 2.42 bits per heavy atom. The molecule has 0 N–H and O–H groups in total. The van der Waals surface area contributed by atoms with Gasteiger partial charge in [0.1, 0.15) is 11.7 Å². The Hall–Kier alpha value is -2.42. The molecule has 6 nitrogen and oxygen atoms in total. The number of pyridine rings is 2. The maximum atomic E-state index is 13.9. The highest BCUT2D eigenvalue weighted by Gasteiger charge is 2.38. The predicted octanol–water partition coefficient (Wildman–Crippen LogP) is 5.30. The van der Waals surface area contributed by atoms with Crippen LogP contribution in [0.25, 0.3) is 0 Å². The van der Waals surface area contributed by atoms with Gasteiger partial charge in [-0.2, -0.15) is 13.2 Å². The zero-order chi connectivity index (χ0) is 23.8. The third-order valence-electron chi connectivity index (χ3n) is 6.38. The maximum absolute atomic E-state index is 13.9. The third-order valence-corrected chi connectivity index (χ3v) is 6.67. The number of methoxy groups -OCH3 is 1. The van der Waals surface area contributed by atoms with Gasteiger partial charge in [0.25, 0.3) is 0 Å². The molecule has 0 bridgehead atoms. The van der Waals surface area contributed by atoms with Gasteiger partial charge >= 0.3 is 6.18 Å². The molecule has 0 radical (unpaired) electrons. The summed E-state index contributed by atoms with van der Waals surface area (Å²) in [7, 11) is 1.53. The number of ether oxygens (including phenoxy) is 2. The van der Waals surface area contributed by atoms with E-state index in [-0.39, 0.29) is 11.8 Å². The van der Waals surface area contributed by atoms with Gasteiger partial charge in [0, 0.05) is 44.6 Å². The lowest BCUT2D eigenvalue weighted by Crippen LogP contribution is -2.44. The van der Waals surface area contributed by atoms with Gasteiger partial charge in [-0.25, -0.2) is 9.97 Å². The monoisotopic (exact) mass is 484 g/mol. The molecule has 10 heteroatoms. The fourth-order valence-electron chi connectivity index (χ4n) is 4.51. The summed E-state index contributed by atoms with van der Waals surface area (Å²) in [4.78, 5) is 12.2. The van der Waals surface area contributed by atoms with Crippen LogP contribution in [-0.2, 0) is 6.18 Å². The number of rotatable bonds is 5. The van der Waals surface area contributed by atoms with Gasteiger partial charge in [-0.3, -0.25) is 0 Å². The van der Waals surface area contributed by atoms with Gasteiger partial charge in [0.2, 0.25) is 11.8 Å². The van der Waals surface area contributed by atoms with Crippen LogP contribution in [0, 0.1) is 11.8 Å². The highest BCUT2D eigenvalue weighted by molar-refractivity contribution is 6.33. The number of halogens is 4. The first-order valence-electron chi connectivity index (χ1n) is 11.1. The minimum atomic E-state index is -4.55. The Balaban J connectivity index is 1.50. The standard InChI is InChI=1S/C23H28ClF3N4O2/c1-14-4-6-30(12-14)16-8-17(23(25,26)27)22(29-10-16)33-20-5-7-31(13-15(20)2)19-9-21(32-3)28-11-18(19)24/h8-11,14-15,20H,4-7,12-13H2,1-3H3. The fraction of sp³-hybridized carbons (Fsp3) is 0.565. The molecule has 2 aliphatic rings. The van der Waals surface area contributed by atoms with Crippen LogP contribution in [0.3, 0.4) is 0 Å². The summed E-state index contributed by atoms with van der Waals surface area (Å²) in [5.74, 6) is 0.505. The first-order valence-corrected chi connectivity index (χ1v) is 11.5. The number of hydrogen-bond acceptors (Lipinski definition) is 6. The molecule has 0 aliphatic carbocycles. The smallest absolute Gasteiger partial charge is 0.421 e. The molecule has 2 aliphatic heterocycles. The van der Waals surface area contributed by atoms with E-state index in [1.165, 1.54) is 25.6 Å². The van der Waals surface area contributed by atoms with Gasteiger partial charge in [-0.1, -0.05) is 25.4 Å². The van der Waals surface area contributed by atoms with Gasteiger partial charge < -0.3 is 19.3 Å². The normalized spacial score (nSPS) is 23.7. The Morgan fingerprint density at radius 1 is 1.03 bits per heavy atom. The van der Waals surface area contributed by atoms with Crippen LogP contribution in [-0.4, -0.2) is 49.4 Å². The van der Waals surface area contributed by atoms with Crippen molar-refractivity contribution in [2.45, 2.75) is 39.0 Å². The highest BCUT2D eigenvalue weighted by atomic mass is 35.5. The quantitative estimate of drug-likeness (QED) is 0.574. The average molecular weight is 485 g/mol. The minimum absolute atomic E-state index is 0.0454. The fourth-order valence-corrected chi connectivity index (χ4v) is 4.73. The maximum Gasteiger partial charge on any atom is 0.421 e. The summed E-state index contributed by atoms with van der Waals surface area (Å²) in [6.45, 7) is 6.67. The molecule has 2 aromatic heterocycles. The summed E-state index contributed by atoms with van der Waals surface area (Å²) in [5.41, 5.74) is 0.450. The average Bonchev–Trinajstić information content (AvgIpc) is 3.21. The van der Waals surface area contributed by atoms with Crippen molar-refractivity contribution >= 4 is 23.0 Å². The lowest BCUT2D eigenvalue weighted by molar-refractivity contribution is -0.139. The van der Waals surface area contributed by atoms with Gasteiger partial charge in [0.05, 0.1) is 35.9 Å². The molecule has 4 rings (SSSR count). The second-order valence-electron chi connectivity index (χ2n) is 8.93. The molecule has 33 heavy (non-hydrogen) atoms. The van der Waals surface area contributed by atoms with Crippen LogP contribution in [0.2, 0.25) is 5.02 Å². The summed E-state index contributed by atoms with van der Waals surface area (Å²) >= 11 is 6.32.